The molecular formula is C124H122O8Si4. The highest BCUT2D eigenvalue weighted by molar-refractivity contribution is 6.74. The van der Waals surface area contributed by atoms with Crippen molar-refractivity contribution in [1.82, 2.24) is 0 Å². The lowest BCUT2D eigenvalue weighted by atomic mass is 9.80. The first-order valence-corrected chi connectivity index (χ1v) is 57.8. The van der Waals surface area contributed by atoms with Crippen molar-refractivity contribution in [3.63, 3.8) is 0 Å². The van der Waals surface area contributed by atoms with Crippen LogP contribution in [-0.2, 0) is 72.5 Å². The van der Waals surface area contributed by atoms with Crippen LogP contribution < -0.4 is 36.7 Å². The molecule has 0 bridgehead atoms. The van der Waals surface area contributed by atoms with Crippen molar-refractivity contribution in [2.75, 3.05) is 28.4 Å². The first-order valence-electron chi connectivity index (χ1n) is 47.7. The van der Waals surface area contributed by atoms with E-state index < -0.39 is 45.1 Å². The SMILES string of the molecule is COc1cc(C(c2ccc(C(c3cc(C)c(O[Si](Cc4ccccc4)(Cc4ccccc4)Cc4ccccc4)c(OC)c3)c3cc(C)c(O[Si](Cc4ccccc4)(Cc4ccccc4)Cc4ccccc4)c(OC)c3)cc2)c2cc(C)c(O[Si](Cc3ccccc3)(Cc3ccccc3)Cc3ccccc3)c(OC)c2)cc(C)c1O[Si](Cc1ccccc1)(Cc1ccccc1)Cc1ccccc1. The van der Waals surface area contributed by atoms with E-state index in [1.54, 1.807) is 28.4 Å². The van der Waals surface area contributed by atoms with Gasteiger partial charge in [0.05, 0.1) is 28.4 Å². The van der Waals surface area contributed by atoms with Gasteiger partial charge in [-0.3, -0.25) is 0 Å². The molecule has 0 heterocycles. The monoisotopic (exact) mass is 1850 g/mol. The second-order valence-corrected chi connectivity index (χ2v) is 51.6. The molecule has 0 spiro atoms. The van der Waals surface area contributed by atoms with Crippen LogP contribution in [0.4, 0.5) is 0 Å². The maximum absolute atomic E-state index is 8.09. The van der Waals surface area contributed by atoms with Gasteiger partial charge in [-0.25, -0.2) is 0 Å². The van der Waals surface area contributed by atoms with Crippen molar-refractivity contribution in [3.8, 4) is 46.0 Å². The lowest BCUT2D eigenvalue weighted by molar-refractivity contribution is 0.386. The van der Waals surface area contributed by atoms with Crippen LogP contribution in [0.3, 0.4) is 0 Å². The fraction of sp³-hybridized carbons (Fsp3) is 0.177. The summed E-state index contributed by atoms with van der Waals surface area (Å²) in [7, 11) is -4.72. The van der Waals surface area contributed by atoms with E-state index in [0.29, 0.717) is 23.0 Å². The average molecular weight is 1850 g/mol. The normalized spacial score (nSPS) is 11.7. The summed E-state index contributed by atoms with van der Waals surface area (Å²) in [6.07, 6.45) is 0. The highest BCUT2D eigenvalue weighted by Crippen LogP contribution is 2.50. The molecule has 17 rings (SSSR count). The molecule has 0 aromatic heterocycles. The van der Waals surface area contributed by atoms with Gasteiger partial charge < -0.3 is 36.7 Å². The average Bonchev–Trinajstić information content (AvgIpc) is 0.757. The predicted molar refractivity (Wildman–Crippen MR) is 567 cm³/mol. The molecule has 0 aliphatic rings. The predicted octanol–water partition coefficient (Wildman–Crippen LogP) is 28.0. The van der Waals surface area contributed by atoms with Crippen molar-refractivity contribution in [3.05, 3.63) is 559 Å². The van der Waals surface area contributed by atoms with Crippen LogP contribution in [0.25, 0.3) is 0 Å². The molecule has 0 radical (unpaired) electrons. The Morgan fingerprint density at radius 2 is 0.287 bits per heavy atom. The van der Waals surface area contributed by atoms with Gasteiger partial charge in [0.15, 0.2) is 23.0 Å². The molecule has 0 fully saturated rings. The van der Waals surface area contributed by atoms with Gasteiger partial charge in [0.25, 0.3) is 33.3 Å². The zero-order valence-corrected chi connectivity index (χ0v) is 83.5. The third-order valence-electron chi connectivity index (χ3n) is 26.6. The Kier molecular flexibility index (Phi) is 30.7. The summed E-state index contributed by atoms with van der Waals surface area (Å²) in [5.74, 6) is 4.86. The zero-order chi connectivity index (χ0) is 93.5. The van der Waals surface area contributed by atoms with E-state index in [4.69, 9.17) is 36.7 Å². The molecule has 0 saturated carbocycles. The molecule has 0 aliphatic heterocycles. The molecule has 682 valence electrons. The van der Waals surface area contributed by atoms with E-state index in [0.717, 1.165) is 151 Å². The number of hydrogen-bond donors (Lipinski definition) is 0. The number of benzene rings is 17. The molecule has 0 unspecified atom stereocenters. The molecule has 0 atom stereocenters. The molecule has 17 aromatic rings. The number of hydrogen-bond acceptors (Lipinski definition) is 8. The van der Waals surface area contributed by atoms with Crippen LogP contribution in [0.1, 0.15) is 134 Å². The first kappa shape index (κ1) is 93.8. The van der Waals surface area contributed by atoms with Gasteiger partial charge in [-0.1, -0.05) is 413 Å². The van der Waals surface area contributed by atoms with Crippen LogP contribution >= 0.6 is 0 Å². The van der Waals surface area contributed by atoms with E-state index in [2.05, 4.69) is 464 Å². The number of methoxy groups -OCH3 is 4. The van der Waals surface area contributed by atoms with Gasteiger partial charge in [0.2, 0.25) is 0 Å². The van der Waals surface area contributed by atoms with E-state index in [-0.39, 0.29) is 0 Å². The molecule has 8 nitrogen and oxygen atoms in total. The molecule has 17 aromatic carbocycles. The van der Waals surface area contributed by atoms with Gasteiger partial charge in [-0.05, 0) is 174 Å². The molecule has 0 aliphatic carbocycles. The Hall–Kier alpha value is -14.0. The summed E-state index contributed by atoms with van der Waals surface area (Å²) < 4.78 is 59.7. The van der Waals surface area contributed by atoms with Crippen LogP contribution in [0.2, 0.25) is 0 Å². The maximum atomic E-state index is 8.09. The summed E-state index contributed by atoms with van der Waals surface area (Å²) >= 11 is 0. The quantitative estimate of drug-likeness (QED) is 0.0277. The Morgan fingerprint density at radius 3 is 0.404 bits per heavy atom. The van der Waals surface area contributed by atoms with Crippen molar-refractivity contribution < 1.29 is 36.7 Å². The minimum Gasteiger partial charge on any atom is -0.540 e. The van der Waals surface area contributed by atoms with E-state index in [9.17, 15) is 0 Å². The number of ether oxygens (including phenoxy) is 4. The summed E-state index contributed by atoms with van der Waals surface area (Å²) in [5, 5.41) is 0. The summed E-state index contributed by atoms with van der Waals surface area (Å²) in [6, 6.07) is 168. The largest absolute Gasteiger partial charge is 0.540 e. The van der Waals surface area contributed by atoms with Crippen molar-refractivity contribution in [1.29, 1.82) is 0 Å². The highest BCUT2D eigenvalue weighted by Gasteiger charge is 2.45. The Bertz CT molecular complexity index is 5480. The molecule has 136 heavy (non-hydrogen) atoms. The van der Waals surface area contributed by atoms with Gasteiger partial charge in [0.1, 0.15) is 23.0 Å². The van der Waals surface area contributed by atoms with E-state index in [1.807, 2.05) is 0 Å². The zero-order valence-electron chi connectivity index (χ0n) is 79.5. The van der Waals surface area contributed by atoms with Crippen LogP contribution in [-0.4, -0.2) is 61.7 Å². The van der Waals surface area contributed by atoms with Crippen molar-refractivity contribution >= 4 is 33.3 Å². The van der Waals surface area contributed by atoms with Crippen LogP contribution in [0, 0.1) is 27.7 Å². The highest BCUT2D eigenvalue weighted by atomic mass is 28.4. The molecule has 0 N–H and O–H groups in total. The summed E-state index contributed by atoms with van der Waals surface area (Å²) in [4.78, 5) is 0. The fourth-order valence-electron chi connectivity index (χ4n) is 20.6. The van der Waals surface area contributed by atoms with Crippen LogP contribution in [0.5, 0.6) is 46.0 Å². The van der Waals surface area contributed by atoms with Gasteiger partial charge in [-0.2, -0.15) is 0 Å². The topological polar surface area (TPSA) is 73.8 Å². The molecule has 12 heteroatoms. The van der Waals surface area contributed by atoms with Gasteiger partial charge in [-0.15, -0.1) is 0 Å². The minimum atomic E-state index is -2.97. The maximum Gasteiger partial charge on any atom is 0.264 e. The van der Waals surface area contributed by atoms with Gasteiger partial charge in [0, 0.05) is 84.4 Å². The van der Waals surface area contributed by atoms with Gasteiger partial charge >= 0.3 is 0 Å². The Balaban J connectivity index is 0.850. The van der Waals surface area contributed by atoms with E-state index in [1.165, 1.54) is 66.8 Å². The summed E-state index contributed by atoms with van der Waals surface area (Å²) in [5.41, 5.74) is 25.0. The number of rotatable bonds is 42. The van der Waals surface area contributed by atoms with Crippen molar-refractivity contribution in [2.45, 2.75) is 112 Å². The lowest BCUT2D eigenvalue weighted by Crippen LogP contribution is -2.50. The molecule has 0 amide bonds. The molecular weight excluding hydrogens is 1730 g/mol. The second-order valence-electron chi connectivity index (χ2n) is 37.1. The third kappa shape index (κ3) is 23.7. The minimum absolute atomic E-state index is 0.410. The van der Waals surface area contributed by atoms with Crippen molar-refractivity contribution in [2.24, 2.45) is 0 Å². The third-order valence-corrected chi connectivity index (χ3v) is 41.8. The van der Waals surface area contributed by atoms with E-state index >= 15 is 0 Å². The van der Waals surface area contributed by atoms with Crippen LogP contribution in [0.15, 0.2) is 437 Å². The first-order chi connectivity index (χ1) is 66.6. The summed E-state index contributed by atoms with van der Waals surface area (Å²) in [6.45, 7) is 8.81. The Labute approximate surface area is 809 Å². The number of aryl methyl sites for hydroxylation is 4. The smallest absolute Gasteiger partial charge is 0.264 e. The second kappa shape index (κ2) is 44.4. The Morgan fingerprint density at radius 1 is 0.162 bits per heavy atom. The molecule has 0 saturated heterocycles. The standard InChI is InChI=1S/C124H122O8Si4/c1-93-73-111(77-115(125-5)121(93)129-133(81-97-45-21-9-22-46-97,82-98-47-23-10-24-48-98)83-99-49-25-11-26-50-99)119(112-74-94(2)122(116(78-112)126-6)130-134(84-100-51-27-12-28-52-100,85-101-53-29-13-30-54-101)86-102-55-31-14-32-56-102)109-69-71-110(72-70-109)120(113-75-95(3)123(117(79-113)127-7)131-135(87-103-57-33-15-34-58-103,88-104-59-35-16-36-60-104)89-105-61-37-17-38-62-105)114-76-96(4)124(118(80-114)128-8)132-136(90-106-63-39-18-40-64-106,91-107-65-41-19-42-66-107)92-108-67-43-20-44-68-108/h9-80,119-120H,81-92H2,1-8H3. The lowest BCUT2D eigenvalue weighted by Gasteiger charge is -2.35. The fourth-order valence-corrected chi connectivity index (χ4v) is 37.5.